The van der Waals surface area contributed by atoms with Crippen molar-refractivity contribution in [3.05, 3.63) is 0 Å². The Morgan fingerprint density at radius 3 is 2.57 bits per heavy atom. The number of carbonyl (C=O) groups excluding carboxylic acids is 1. The molecule has 7 heavy (non-hydrogen) atoms. The minimum absolute atomic E-state index is 0.333. The molecule has 0 fully saturated rings. The maximum absolute atomic E-state index is 10.2. The zero-order valence-electron chi connectivity index (χ0n) is 3.21. The van der Waals surface area contributed by atoms with E-state index in [9.17, 15) is 4.79 Å². The summed E-state index contributed by atoms with van der Waals surface area (Å²) in [6.45, 7) is 0. The molecule has 4 nitrogen and oxygen atoms in total. The number of amides is 1. The average molecular weight is 162 g/mol. The number of rotatable bonds is 0. The van der Waals surface area contributed by atoms with Gasteiger partial charge in [-0.25, -0.2) is 0 Å². The summed E-state index contributed by atoms with van der Waals surface area (Å²) in [5.41, 5.74) is 2.34. The van der Waals surface area contributed by atoms with E-state index in [1.807, 2.05) is 0 Å². The van der Waals surface area contributed by atoms with Gasteiger partial charge >= 0.3 is 46.6 Å². The molecule has 0 spiro atoms. The van der Waals surface area contributed by atoms with Crippen molar-refractivity contribution in [2.24, 2.45) is 10.3 Å². The topological polar surface area (TPSA) is 53.8 Å². The minimum atomic E-state index is -0.333. The van der Waals surface area contributed by atoms with Crippen molar-refractivity contribution in [1.29, 1.82) is 0 Å². The van der Waals surface area contributed by atoms with Crippen LogP contribution >= 0.6 is 0 Å². The monoisotopic (exact) mass is 163 g/mol. The van der Waals surface area contributed by atoms with Crippen LogP contribution in [0.25, 0.3) is 0 Å². The summed E-state index contributed by atoms with van der Waals surface area (Å²) < 4.78 is 0.361. The van der Waals surface area contributed by atoms with E-state index in [4.69, 9.17) is 0 Å². The molecule has 0 aromatic rings. The summed E-state index contributed by atoms with van der Waals surface area (Å²) in [5, 5.41) is 6.33. The number of carbonyl (C=O) groups is 1. The molecule has 1 N–H and O–H groups in total. The third-order valence-electron chi connectivity index (χ3n) is 0.487. The predicted molar refractivity (Wildman–Crippen MR) is 23.8 cm³/mol. The van der Waals surface area contributed by atoms with Gasteiger partial charge in [0.15, 0.2) is 0 Å². The zero-order chi connectivity index (χ0) is 5.28. The van der Waals surface area contributed by atoms with Crippen LogP contribution in [-0.2, 0) is 4.79 Å². The average Bonchev–Trinajstić information content (AvgIpc) is 1.91. The molecule has 1 heterocycles. The van der Waals surface area contributed by atoms with Crippen LogP contribution in [0.3, 0.4) is 0 Å². The quantitative estimate of drug-likeness (QED) is 0.454. The second-order valence-electron chi connectivity index (χ2n) is 0.946. The fraction of sp³-hybridized carbons (Fsp3) is 0. The molecule has 0 aliphatic carbocycles. The van der Waals surface area contributed by atoms with Crippen LogP contribution < -0.4 is 5.43 Å². The molecule has 0 saturated carbocycles. The summed E-state index contributed by atoms with van der Waals surface area (Å²) in [6, 6.07) is 0. The zero-order valence-corrected chi connectivity index (χ0v) is 4.92. The van der Waals surface area contributed by atoms with Gasteiger partial charge in [0.05, 0.1) is 0 Å². The van der Waals surface area contributed by atoms with Gasteiger partial charge in [-0.2, -0.15) is 0 Å². The van der Waals surface area contributed by atoms with Gasteiger partial charge in [-0.05, 0) is 0 Å². The van der Waals surface area contributed by atoms with Crippen LogP contribution in [0, 0.1) is 0 Å². The SMILES string of the molecule is O=C1N=NNC1=[Se]. The maximum atomic E-state index is 10.2. The van der Waals surface area contributed by atoms with Crippen molar-refractivity contribution in [3.8, 4) is 0 Å². The molecule has 0 unspecified atom stereocenters. The Labute approximate surface area is 47.3 Å². The summed E-state index contributed by atoms with van der Waals surface area (Å²) in [7, 11) is 0. The summed E-state index contributed by atoms with van der Waals surface area (Å²) in [4.78, 5) is 10.2. The molecule has 1 amide bonds. The van der Waals surface area contributed by atoms with Crippen molar-refractivity contribution in [2.45, 2.75) is 0 Å². The molecule has 36 valence electrons. The second-order valence-corrected chi connectivity index (χ2v) is 1.80. The summed E-state index contributed by atoms with van der Waals surface area (Å²) in [5.74, 6) is -0.333. The Kier molecular flexibility index (Phi) is 1.00. The van der Waals surface area contributed by atoms with Crippen LogP contribution in [0.15, 0.2) is 10.3 Å². The van der Waals surface area contributed by atoms with Crippen molar-refractivity contribution >= 4 is 26.0 Å². The van der Waals surface area contributed by atoms with Crippen molar-refractivity contribution < 1.29 is 4.79 Å². The first-order valence-corrected chi connectivity index (χ1v) is 2.41. The van der Waals surface area contributed by atoms with Crippen LogP contribution in [0.2, 0.25) is 0 Å². The first-order valence-electron chi connectivity index (χ1n) is 1.56. The van der Waals surface area contributed by atoms with Crippen LogP contribution in [0.1, 0.15) is 0 Å². The Bertz CT molecular complexity index is 151. The Balaban J connectivity index is 2.81. The van der Waals surface area contributed by atoms with Gasteiger partial charge in [0.1, 0.15) is 0 Å². The molecule has 0 atom stereocenters. The molecule has 1 aliphatic rings. The Morgan fingerprint density at radius 1 is 1.71 bits per heavy atom. The normalized spacial score (nSPS) is 17.7. The molecule has 1 aliphatic heterocycles. The third-order valence-corrected chi connectivity index (χ3v) is 1.04. The molecule has 5 heteroatoms. The Morgan fingerprint density at radius 2 is 2.43 bits per heavy atom. The van der Waals surface area contributed by atoms with Gasteiger partial charge in [0, 0.05) is 0 Å². The fourth-order valence-electron chi connectivity index (χ4n) is 0.209. The van der Waals surface area contributed by atoms with Crippen LogP contribution in [0.5, 0.6) is 0 Å². The molecular formula is C2HN3OSe. The van der Waals surface area contributed by atoms with Crippen LogP contribution in [-0.4, -0.2) is 26.0 Å². The molecule has 0 saturated heterocycles. The summed E-state index contributed by atoms with van der Waals surface area (Å²) >= 11 is 2.46. The first-order chi connectivity index (χ1) is 3.30. The molecule has 0 bridgehead atoms. The molecule has 0 aromatic heterocycles. The number of hydrogen-bond donors (Lipinski definition) is 1. The van der Waals surface area contributed by atoms with Gasteiger partial charge in [0.25, 0.3) is 0 Å². The van der Waals surface area contributed by atoms with Gasteiger partial charge in [0.2, 0.25) is 0 Å². The number of nitrogens with zero attached hydrogens (tertiary/aromatic N) is 2. The first kappa shape index (κ1) is 4.61. The number of hydrogen-bond acceptors (Lipinski definition) is 3. The van der Waals surface area contributed by atoms with E-state index in [-0.39, 0.29) is 5.91 Å². The van der Waals surface area contributed by atoms with Crippen molar-refractivity contribution in [2.75, 3.05) is 0 Å². The van der Waals surface area contributed by atoms with E-state index in [1.165, 1.54) is 0 Å². The molecule has 1 rings (SSSR count). The standard InChI is InChI=1S/C2HN3OSe/c6-1-2(7)4-5-3-1/h(H,3,4,6,7). The van der Waals surface area contributed by atoms with Gasteiger partial charge in [-0.3, -0.25) is 0 Å². The van der Waals surface area contributed by atoms with Crippen LogP contribution in [0.4, 0.5) is 0 Å². The van der Waals surface area contributed by atoms with Crippen molar-refractivity contribution in [3.63, 3.8) is 0 Å². The third kappa shape index (κ3) is 0.730. The van der Waals surface area contributed by atoms with E-state index < -0.39 is 0 Å². The van der Waals surface area contributed by atoms with E-state index in [0.717, 1.165) is 0 Å². The Hall–Kier alpha value is -0.541. The van der Waals surface area contributed by atoms with E-state index >= 15 is 0 Å². The van der Waals surface area contributed by atoms with E-state index in [2.05, 4.69) is 31.3 Å². The molecule has 0 radical (unpaired) electrons. The van der Waals surface area contributed by atoms with Crippen molar-refractivity contribution in [1.82, 2.24) is 5.43 Å². The van der Waals surface area contributed by atoms with Gasteiger partial charge in [-0.15, -0.1) is 0 Å². The number of nitrogens with one attached hydrogen (secondary N) is 1. The van der Waals surface area contributed by atoms with E-state index in [1.54, 1.807) is 0 Å². The molecule has 0 aromatic carbocycles. The second kappa shape index (κ2) is 1.52. The van der Waals surface area contributed by atoms with Gasteiger partial charge < -0.3 is 0 Å². The molecular weight excluding hydrogens is 161 g/mol. The van der Waals surface area contributed by atoms with E-state index in [0.29, 0.717) is 4.54 Å². The fourth-order valence-corrected chi connectivity index (χ4v) is 0.380. The summed E-state index contributed by atoms with van der Waals surface area (Å²) in [6.07, 6.45) is 0. The predicted octanol–water partition coefficient (Wildman–Crippen LogP) is -1.22. The van der Waals surface area contributed by atoms with Gasteiger partial charge in [-0.1, -0.05) is 0 Å².